The van der Waals surface area contributed by atoms with Crippen LogP contribution in [0.4, 0.5) is 0 Å². The van der Waals surface area contributed by atoms with Crippen molar-refractivity contribution in [1.29, 1.82) is 0 Å². The van der Waals surface area contributed by atoms with Gasteiger partial charge in [-0.05, 0) is 97.7 Å². The number of rotatable bonds is 8. The van der Waals surface area contributed by atoms with Gasteiger partial charge in [-0.2, -0.15) is 0 Å². The minimum atomic E-state index is 0.00354. The van der Waals surface area contributed by atoms with E-state index in [1.54, 1.807) is 0 Å². The van der Waals surface area contributed by atoms with Gasteiger partial charge in [-0.25, -0.2) is 0 Å². The molecule has 0 aromatic rings. The Morgan fingerprint density at radius 3 is 2.24 bits per heavy atom. The molecule has 212 valence electrons. The second-order valence-corrected chi connectivity index (χ2v) is 15.8. The van der Waals surface area contributed by atoms with E-state index >= 15 is 0 Å². The van der Waals surface area contributed by atoms with E-state index in [2.05, 4.69) is 62.3 Å². The molecule has 0 saturated heterocycles. The third-order valence-corrected chi connectivity index (χ3v) is 13.2. The third kappa shape index (κ3) is 4.67. The van der Waals surface area contributed by atoms with Crippen LogP contribution >= 0.6 is 0 Å². The highest BCUT2D eigenvalue weighted by atomic mass is 16.5. The minimum Gasteiger partial charge on any atom is -0.462 e. The molecule has 1 unspecified atom stereocenters. The van der Waals surface area contributed by atoms with Gasteiger partial charge >= 0.3 is 5.97 Å². The van der Waals surface area contributed by atoms with Crippen LogP contribution in [-0.2, 0) is 9.53 Å². The highest BCUT2D eigenvalue weighted by Gasteiger charge is 2.63. The predicted octanol–water partition coefficient (Wildman–Crippen LogP) is 10.2. The maximum Gasteiger partial charge on any atom is 0.308 e. The summed E-state index contributed by atoms with van der Waals surface area (Å²) in [5.41, 5.74) is 4.83. The van der Waals surface area contributed by atoms with E-state index in [4.69, 9.17) is 4.74 Å². The van der Waals surface area contributed by atoms with Gasteiger partial charge in [0.1, 0.15) is 6.10 Å². The molecule has 0 aromatic carbocycles. The van der Waals surface area contributed by atoms with Crippen LogP contribution in [0.2, 0.25) is 0 Å². The van der Waals surface area contributed by atoms with Gasteiger partial charge < -0.3 is 4.74 Å². The van der Waals surface area contributed by atoms with Crippen LogP contribution in [0.5, 0.6) is 0 Å². The Hall–Kier alpha value is -0.790. The average molecular weight is 513 g/mol. The van der Waals surface area contributed by atoms with Gasteiger partial charge in [-0.15, -0.1) is 0 Å². The largest absolute Gasteiger partial charge is 0.462 e. The molecule has 0 amide bonds. The molecule has 4 rings (SSSR count). The van der Waals surface area contributed by atoms with Gasteiger partial charge in [0.15, 0.2) is 0 Å². The standard InChI is InChI=1S/C35H60O2/c1-11-24(4)31(36)37-30-19-20-33(8)27-18-22-34(9)26(25(5)14-12-13-23(2)3)17-21-35(34,10)28(27)15-16-29(33)32(30,6)7/h23-26,29-30H,11-22H2,1-10H3/t24-,25+,26+,29?,30-,33+,34+,35-/m0/s1. The van der Waals surface area contributed by atoms with Gasteiger partial charge in [0.25, 0.3) is 0 Å². The smallest absolute Gasteiger partial charge is 0.308 e. The molecule has 2 fully saturated rings. The Balaban J connectivity index is 1.58. The van der Waals surface area contributed by atoms with Crippen LogP contribution in [0, 0.1) is 51.2 Å². The number of carbonyl (C=O) groups is 1. The molecule has 0 radical (unpaired) electrons. The predicted molar refractivity (Wildman–Crippen MR) is 156 cm³/mol. The zero-order chi connectivity index (χ0) is 27.4. The van der Waals surface area contributed by atoms with Gasteiger partial charge in [0.2, 0.25) is 0 Å². The van der Waals surface area contributed by atoms with Crippen molar-refractivity contribution in [1.82, 2.24) is 0 Å². The molecule has 0 N–H and O–H groups in total. The van der Waals surface area contributed by atoms with E-state index in [9.17, 15) is 4.79 Å². The van der Waals surface area contributed by atoms with E-state index < -0.39 is 0 Å². The molecule has 0 aliphatic heterocycles. The Kier molecular flexibility index (Phi) is 8.14. The van der Waals surface area contributed by atoms with Crippen molar-refractivity contribution in [3.63, 3.8) is 0 Å². The minimum absolute atomic E-state index is 0.00354. The number of fused-ring (bicyclic) bond motifs is 4. The molecule has 2 heteroatoms. The van der Waals surface area contributed by atoms with Crippen molar-refractivity contribution in [2.45, 2.75) is 152 Å². The van der Waals surface area contributed by atoms with Crippen LogP contribution < -0.4 is 0 Å². The average Bonchev–Trinajstić information content (AvgIpc) is 3.11. The fraction of sp³-hybridized carbons (Fsp3) is 0.914. The summed E-state index contributed by atoms with van der Waals surface area (Å²) in [4.78, 5) is 12.8. The molecule has 0 heterocycles. The summed E-state index contributed by atoms with van der Waals surface area (Å²) in [7, 11) is 0. The second-order valence-electron chi connectivity index (χ2n) is 15.8. The van der Waals surface area contributed by atoms with Crippen molar-refractivity contribution < 1.29 is 9.53 Å². The number of hydrogen-bond acceptors (Lipinski definition) is 2. The van der Waals surface area contributed by atoms with E-state index in [0.717, 1.165) is 30.6 Å². The van der Waals surface area contributed by atoms with Gasteiger partial charge in [0, 0.05) is 5.41 Å². The third-order valence-electron chi connectivity index (χ3n) is 13.2. The van der Waals surface area contributed by atoms with Gasteiger partial charge in [-0.3, -0.25) is 4.79 Å². The second kappa shape index (κ2) is 10.3. The van der Waals surface area contributed by atoms with E-state index in [1.807, 2.05) is 18.1 Å². The lowest BCUT2D eigenvalue weighted by molar-refractivity contribution is -0.173. The first-order chi connectivity index (χ1) is 17.2. The molecule has 37 heavy (non-hydrogen) atoms. The number of esters is 1. The highest BCUT2D eigenvalue weighted by Crippen LogP contribution is 2.72. The number of ether oxygens (including phenoxy) is 1. The molecule has 0 spiro atoms. The lowest BCUT2D eigenvalue weighted by atomic mass is 9.43. The molecule has 4 aliphatic carbocycles. The van der Waals surface area contributed by atoms with Crippen molar-refractivity contribution in [2.24, 2.45) is 51.2 Å². The zero-order valence-corrected chi connectivity index (χ0v) is 26.3. The van der Waals surface area contributed by atoms with Crippen LogP contribution in [0.3, 0.4) is 0 Å². The topological polar surface area (TPSA) is 26.3 Å². The summed E-state index contributed by atoms with van der Waals surface area (Å²) in [5.74, 6) is 3.16. The fourth-order valence-electron chi connectivity index (χ4n) is 10.3. The van der Waals surface area contributed by atoms with E-state index in [0.29, 0.717) is 16.7 Å². The summed E-state index contributed by atoms with van der Waals surface area (Å²) in [6, 6.07) is 0. The SMILES string of the molecule is CC[C@H](C)C(=O)O[C@H]1CC[C@]2(C)C3=C(CCC2C1(C)C)[C@]1(C)CC[C@H]([C@H](C)CCCC(C)C)[C@@]1(C)CC3. The molecule has 0 aromatic heterocycles. The summed E-state index contributed by atoms with van der Waals surface area (Å²) < 4.78 is 6.23. The van der Waals surface area contributed by atoms with Crippen LogP contribution in [0.1, 0.15) is 146 Å². The first kappa shape index (κ1) is 29.2. The molecule has 2 nitrogen and oxygen atoms in total. The monoisotopic (exact) mass is 512 g/mol. The summed E-state index contributed by atoms with van der Waals surface area (Å²) in [6.45, 7) is 24.2. The first-order valence-corrected chi connectivity index (χ1v) is 16.2. The lowest BCUT2D eigenvalue weighted by Crippen LogP contribution is -2.56. The Labute approximate surface area is 230 Å². The van der Waals surface area contributed by atoms with E-state index in [-0.39, 0.29) is 28.8 Å². The van der Waals surface area contributed by atoms with Crippen LogP contribution in [-0.4, -0.2) is 12.1 Å². The molecule has 8 atom stereocenters. The van der Waals surface area contributed by atoms with Crippen molar-refractivity contribution >= 4 is 5.97 Å². The Bertz CT molecular complexity index is 882. The number of allylic oxidation sites excluding steroid dienone is 2. The lowest BCUT2D eigenvalue weighted by Gasteiger charge is -2.62. The van der Waals surface area contributed by atoms with Crippen molar-refractivity contribution in [2.75, 3.05) is 0 Å². The van der Waals surface area contributed by atoms with Gasteiger partial charge in [-0.1, -0.05) is 99.6 Å². The highest BCUT2D eigenvalue weighted by molar-refractivity contribution is 5.72. The fourth-order valence-corrected chi connectivity index (χ4v) is 10.3. The number of carbonyl (C=O) groups excluding carboxylic acids is 1. The van der Waals surface area contributed by atoms with Gasteiger partial charge in [0.05, 0.1) is 5.92 Å². The quantitative estimate of drug-likeness (QED) is 0.239. The van der Waals surface area contributed by atoms with Crippen LogP contribution in [0.25, 0.3) is 0 Å². The Morgan fingerprint density at radius 2 is 1.59 bits per heavy atom. The molecule has 4 aliphatic rings. The normalized spacial score (nSPS) is 40.6. The molecule has 0 bridgehead atoms. The summed E-state index contributed by atoms with van der Waals surface area (Å²) >= 11 is 0. The molecular formula is C35H60O2. The molecule has 2 saturated carbocycles. The van der Waals surface area contributed by atoms with Crippen molar-refractivity contribution in [3.8, 4) is 0 Å². The summed E-state index contributed by atoms with van der Waals surface area (Å²) in [6.07, 6.45) is 15.3. The maximum absolute atomic E-state index is 12.8. The van der Waals surface area contributed by atoms with E-state index in [1.165, 1.54) is 64.2 Å². The summed E-state index contributed by atoms with van der Waals surface area (Å²) in [5, 5.41) is 0. The maximum atomic E-state index is 12.8. The Morgan fingerprint density at radius 1 is 0.892 bits per heavy atom. The van der Waals surface area contributed by atoms with Crippen molar-refractivity contribution in [3.05, 3.63) is 11.1 Å². The van der Waals surface area contributed by atoms with Crippen LogP contribution in [0.15, 0.2) is 11.1 Å². The number of hydrogen-bond donors (Lipinski definition) is 0. The zero-order valence-electron chi connectivity index (χ0n) is 26.3. The first-order valence-electron chi connectivity index (χ1n) is 16.2. The molecular weight excluding hydrogens is 452 g/mol.